The molecule has 18 heavy (non-hydrogen) atoms. The highest BCUT2D eigenvalue weighted by molar-refractivity contribution is 5.21. The van der Waals surface area contributed by atoms with Crippen molar-refractivity contribution >= 4 is 0 Å². The molecule has 0 amide bonds. The van der Waals surface area contributed by atoms with Crippen LogP contribution in [0.3, 0.4) is 0 Å². The Morgan fingerprint density at radius 2 is 1.94 bits per heavy atom. The molecule has 1 N–H and O–H groups in total. The number of hydrogen-bond acceptors (Lipinski definition) is 2. The van der Waals surface area contributed by atoms with E-state index in [-0.39, 0.29) is 11.9 Å². The molecule has 0 aliphatic heterocycles. The van der Waals surface area contributed by atoms with Crippen LogP contribution in [0.2, 0.25) is 0 Å². The zero-order chi connectivity index (χ0) is 13.4. The van der Waals surface area contributed by atoms with Crippen LogP contribution in [0.25, 0.3) is 0 Å². The summed E-state index contributed by atoms with van der Waals surface area (Å²) in [6.45, 7) is 7.09. The maximum atomic E-state index is 13.8. The number of likely N-dealkylation sites (N-methyl/N-ethyl adjacent to an activating group) is 1. The number of hydrogen-bond donors (Lipinski definition) is 1. The van der Waals surface area contributed by atoms with E-state index in [1.54, 1.807) is 6.07 Å². The highest BCUT2D eigenvalue weighted by Gasteiger charge is 2.16. The molecule has 0 aromatic heterocycles. The van der Waals surface area contributed by atoms with Crippen LogP contribution in [0.4, 0.5) is 4.39 Å². The van der Waals surface area contributed by atoms with Gasteiger partial charge in [-0.3, -0.25) is 0 Å². The Balaban J connectivity index is 2.74. The van der Waals surface area contributed by atoms with Crippen LogP contribution in [-0.4, -0.2) is 31.6 Å². The monoisotopic (exact) mass is 252 g/mol. The minimum Gasteiger partial charge on any atom is -0.309 e. The molecule has 1 rings (SSSR count). The molecule has 0 radical (unpaired) electrons. The summed E-state index contributed by atoms with van der Waals surface area (Å²) in [5.41, 5.74) is 0.772. The maximum absolute atomic E-state index is 13.8. The van der Waals surface area contributed by atoms with Gasteiger partial charge < -0.3 is 10.2 Å². The molecule has 1 unspecified atom stereocenters. The van der Waals surface area contributed by atoms with Crippen LogP contribution in [0.15, 0.2) is 24.3 Å². The quantitative estimate of drug-likeness (QED) is 0.764. The summed E-state index contributed by atoms with van der Waals surface area (Å²) < 4.78 is 13.8. The predicted molar refractivity (Wildman–Crippen MR) is 75.2 cm³/mol. The average molecular weight is 252 g/mol. The van der Waals surface area contributed by atoms with Gasteiger partial charge in [-0.2, -0.15) is 0 Å². The molecule has 0 bridgehead atoms. The fraction of sp³-hybridized carbons (Fsp3) is 0.600. The molecule has 1 atom stereocenters. The molecule has 0 aliphatic carbocycles. The van der Waals surface area contributed by atoms with Gasteiger partial charge in [0, 0.05) is 18.2 Å². The molecule has 0 saturated carbocycles. The zero-order valence-corrected chi connectivity index (χ0v) is 11.7. The standard InChI is InChI=1S/C15H25FN2/c1-4-10-17-15(12-18(3)11-5-2)13-8-6-7-9-14(13)16/h6-9,15,17H,4-5,10-12H2,1-3H3. The Kier molecular flexibility index (Phi) is 6.91. The Hall–Kier alpha value is -0.930. The van der Waals surface area contributed by atoms with Crippen molar-refractivity contribution < 1.29 is 4.39 Å². The van der Waals surface area contributed by atoms with Crippen LogP contribution < -0.4 is 5.32 Å². The molecule has 3 heteroatoms. The second-order valence-corrected chi connectivity index (χ2v) is 4.79. The first-order chi connectivity index (χ1) is 8.69. The summed E-state index contributed by atoms with van der Waals surface area (Å²) >= 11 is 0. The van der Waals surface area contributed by atoms with E-state index < -0.39 is 0 Å². The van der Waals surface area contributed by atoms with E-state index in [0.29, 0.717) is 0 Å². The van der Waals surface area contributed by atoms with Crippen molar-refractivity contribution in [1.29, 1.82) is 0 Å². The van der Waals surface area contributed by atoms with Gasteiger partial charge in [0.2, 0.25) is 0 Å². The SMILES string of the molecule is CCCNC(CN(C)CCC)c1ccccc1F. The first kappa shape index (κ1) is 15.1. The zero-order valence-electron chi connectivity index (χ0n) is 11.7. The molecule has 102 valence electrons. The summed E-state index contributed by atoms with van der Waals surface area (Å²) in [4.78, 5) is 2.25. The van der Waals surface area contributed by atoms with E-state index >= 15 is 0 Å². The van der Waals surface area contributed by atoms with E-state index in [0.717, 1.165) is 38.0 Å². The topological polar surface area (TPSA) is 15.3 Å². The van der Waals surface area contributed by atoms with Crippen molar-refractivity contribution in [3.8, 4) is 0 Å². The van der Waals surface area contributed by atoms with Gasteiger partial charge in [0.1, 0.15) is 5.82 Å². The number of nitrogens with one attached hydrogen (secondary N) is 1. The third-order valence-corrected chi connectivity index (χ3v) is 3.02. The number of benzene rings is 1. The van der Waals surface area contributed by atoms with Gasteiger partial charge >= 0.3 is 0 Å². The molecule has 0 heterocycles. The van der Waals surface area contributed by atoms with Crippen molar-refractivity contribution in [2.45, 2.75) is 32.7 Å². The van der Waals surface area contributed by atoms with Crippen LogP contribution in [-0.2, 0) is 0 Å². The van der Waals surface area contributed by atoms with E-state index in [9.17, 15) is 4.39 Å². The lowest BCUT2D eigenvalue weighted by Gasteiger charge is -2.25. The van der Waals surface area contributed by atoms with Crippen molar-refractivity contribution in [1.82, 2.24) is 10.2 Å². The van der Waals surface area contributed by atoms with Crippen molar-refractivity contribution in [2.24, 2.45) is 0 Å². The summed E-state index contributed by atoms with van der Waals surface area (Å²) in [7, 11) is 2.09. The molecular weight excluding hydrogens is 227 g/mol. The Morgan fingerprint density at radius 3 is 2.56 bits per heavy atom. The van der Waals surface area contributed by atoms with E-state index in [4.69, 9.17) is 0 Å². The van der Waals surface area contributed by atoms with Gasteiger partial charge in [-0.25, -0.2) is 4.39 Å². The Labute approximate surface area is 110 Å². The van der Waals surface area contributed by atoms with Crippen LogP contribution in [0, 0.1) is 5.82 Å². The molecule has 0 saturated heterocycles. The van der Waals surface area contributed by atoms with Gasteiger partial charge in [0.05, 0.1) is 0 Å². The first-order valence-corrected chi connectivity index (χ1v) is 6.85. The van der Waals surface area contributed by atoms with Gasteiger partial charge in [0.15, 0.2) is 0 Å². The van der Waals surface area contributed by atoms with Crippen LogP contribution >= 0.6 is 0 Å². The van der Waals surface area contributed by atoms with E-state index in [2.05, 4.69) is 31.1 Å². The fourth-order valence-electron chi connectivity index (χ4n) is 2.13. The maximum Gasteiger partial charge on any atom is 0.128 e. The fourth-order valence-corrected chi connectivity index (χ4v) is 2.13. The van der Waals surface area contributed by atoms with Crippen molar-refractivity contribution in [2.75, 3.05) is 26.7 Å². The number of rotatable bonds is 8. The highest BCUT2D eigenvalue weighted by Crippen LogP contribution is 2.17. The lowest BCUT2D eigenvalue weighted by Crippen LogP contribution is -2.34. The number of nitrogens with zero attached hydrogens (tertiary/aromatic N) is 1. The lowest BCUT2D eigenvalue weighted by atomic mass is 10.1. The van der Waals surface area contributed by atoms with E-state index in [1.807, 2.05) is 12.1 Å². The molecular formula is C15H25FN2. The predicted octanol–water partition coefficient (Wildman–Crippen LogP) is 3.21. The van der Waals surface area contributed by atoms with Crippen molar-refractivity contribution in [3.63, 3.8) is 0 Å². The summed E-state index contributed by atoms with van der Waals surface area (Å²) in [6.07, 6.45) is 2.18. The van der Waals surface area contributed by atoms with Gasteiger partial charge in [-0.05, 0) is 39.0 Å². The largest absolute Gasteiger partial charge is 0.309 e. The normalized spacial score (nSPS) is 12.9. The van der Waals surface area contributed by atoms with Gasteiger partial charge in [-0.15, -0.1) is 0 Å². The molecule has 1 aromatic carbocycles. The minimum atomic E-state index is -0.115. The van der Waals surface area contributed by atoms with E-state index in [1.165, 1.54) is 6.07 Å². The van der Waals surface area contributed by atoms with Crippen LogP contribution in [0.5, 0.6) is 0 Å². The summed E-state index contributed by atoms with van der Waals surface area (Å²) in [5, 5.41) is 3.43. The minimum absolute atomic E-state index is 0.0719. The van der Waals surface area contributed by atoms with Gasteiger partial charge in [-0.1, -0.05) is 32.0 Å². The number of halogens is 1. The smallest absolute Gasteiger partial charge is 0.128 e. The van der Waals surface area contributed by atoms with Crippen molar-refractivity contribution in [3.05, 3.63) is 35.6 Å². The second-order valence-electron chi connectivity index (χ2n) is 4.79. The molecule has 1 aromatic rings. The average Bonchev–Trinajstić information content (AvgIpc) is 2.35. The molecule has 0 spiro atoms. The Bertz CT molecular complexity index is 341. The molecule has 2 nitrogen and oxygen atoms in total. The molecule has 0 fully saturated rings. The highest BCUT2D eigenvalue weighted by atomic mass is 19.1. The third kappa shape index (κ3) is 4.75. The lowest BCUT2D eigenvalue weighted by molar-refractivity contribution is 0.287. The first-order valence-electron chi connectivity index (χ1n) is 6.85. The third-order valence-electron chi connectivity index (χ3n) is 3.02. The second kappa shape index (κ2) is 8.22. The van der Waals surface area contributed by atoms with Gasteiger partial charge in [0.25, 0.3) is 0 Å². The summed E-state index contributed by atoms with van der Waals surface area (Å²) in [5.74, 6) is -0.115. The summed E-state index contributed by atoms with van der Waals surface area (Å²) in [6, 6.07) is 7.13. The van der Waals surface area contributed by atoms with Crippen LogP contribution in [0.1, 0.15) is 38.3 Å². The Morgan fingerprint density at radius 1 is 1.22 bits per heavy atom. The molecule has 0 aliphatic rings.